The quantitative estimate of drug-likeness (QED) is 0.620. The van der Waals surface area contributed by atoms with E-state index in [4.69, 9.17) is 4.74 Å². The van der Waals surface area contributed by atoms with Gasteiger partial charge in [-0.15, -0.1) is 0 Å². The standard InChI is InChI=1S/C10H19NO2/c1-3-4-5-10(12)13-9-6-7-11(2)8-9/h9H,3-8H2,1-2H3/t9-/m0/s1. The van der Waals surface area contributed by atoms with Gasteiger partial charge in [0.1, 0.15) is 6.10 Å². The zero-order valence-electron chi connectivity index (χ0n) is 8.58. The van der Waals surface area contributed by atoms with Crippen molar-refractivity contribution >= 4 is 5.97 Å². The average molecular weight is 185 g/mol. The van der Waals surface area contributed by atoms with Crippen molar-refractivity contribution in [1.29, 1.82) is 0 Å². The topological polar surface area (TPSA) is 29.5 Å². The number of likely N-dealkylation sites (N-methyl/N-ethyl adjacent to an activating group) is 1. The molecule has 0 spiro atoms. The number of likely N-dealkylation sites (tertiary alicyclic amines) is 1. The molecule has 1 atom stereocenters. The molecule has 0 aromatic heterocycles. The van der Waals surface area contributed by atoms with Gasteiger partial charge in [0.05, 0.1) is 0 Å². The zero-order chi connectivity index (χ0) is 9.68. The monoisotopic (exact) mass is 185 g/mol. The molecule has 76 valence electrons. The smallest absolute Gasteiger partial charge is 0.306 e. The second-order valence-electron chi connectivity index (χ2n) is 3.77. The van der Waals surface area contributed by atoms with Crippen LogP contribution in [0.3, 0.4) is 0 Å². The summed E-state index contributed by atoms with van der Waals surface area (Å²) in [6, 6.07) is 0. The lowest BCUT2D eigenvalue weighted by Crippen LogP contribution is -2.22. The fourth-order valence-electron chi connectivity index (χ4n) is 1.56. The molecule has 3 nitrogen and oxygen atoms in total. The molecule has 0 aliphatic carbocycles. The summed E-state index contributed by atoms with van der Waals surface area (Å²) >= 11 is 0. The summed E-state index contributed by atoms with van der Waals surface area (Å²) < 4.78 is 5.30. The number of nitrogens with zero attached hydrogens (tertiary/aromatic N) is 1. The lowest BCUT2D eigenvalue weighted by molar-refractivity contribution is -0.148. The number of hydrogen-bond donors (Lipinski definition) is 0. The van der Waals surface area contributed by atoms with Crippen LogP contribution >= 0.6 is 0 Å². The van der Waals surface area contributed by atoms with Gasteiger partial charge in [-0.2, -0.15) is 0 Å². The van der Waals surface area contributed by atoms with Crippen molar-refractivity contribution in [2.24, 2.45) is 0 Å². The Balaban J connectivity index is 2.13. The number of carbonyl (C=O) groups is 1. The summed E-state index contributed by atoms with van der Waals surface area (Å²) in [4.78, 5) is 13.4. The fourth-order valence-corrected chi connectivity index (χ4v) is 1.56. The highest BCUT2D eigenvalue weighted by molar-refractivity contribution is 5.69. The molecule has 0 unspecified atom stereocenters. The minimum Gasteiger partial charge on any atom is -0.461 e. The van der Waals surface area contributed by atoms with Crippen LogP contribution in [-0.4, -0.2) is 37.1 Å². The van der Waals surface area contributed by atoms with Gasteiger partial charge in [-0.05, 0) is 19.9 Å². The van der Waals surface area contributed by atoms with E-state index in [9.17, 15) is 4.79 Å². The fraction of sp³-hybridized carbons (Fsp3) is 0.900. The zero-order valence-corrected chi connectivity index (χ0v) is 8.58. The van der Waals surface area contributed by atoms with Crippen LogP contribution in [0, 0.1) is 0 Å². The van der Waals surface area contributed by atoms with Gasteiger partial charge in [-0.1, -0.05) is 13.3 Å². The Labute approximate surface area is 80.1 Å². The Morgan fingerprint density at radius 2 is 2.38 bits per heavy atom. The van der Waals surface area contributed by atoms with Crippen LogP contribution in [0.4, 0.5) is 0 Å². The molecule has 1 aliphatic rings. The number of ether oxygens (including phenoxy) is 1. The summed E-state index contributed by atoms with van der Waals surface area (Å²) in [6.07, 6.45) is 3.72. The van der Waals surface area contributed by atoms with Crippen LogP contribution in [-0.2, 0) is 9.53 Å². The van der Waals surface area contributed by atoms with Crippen molar-refractivity contribution in [3.05, 3.63) is 0 Å². The van der Waals surface area contributed by atoms with E-state index in [1.165, 1.54) is 0 Å². The minimum atomic E-state index is -0.0258. The number of carbonyl (C=O) groups excluding carboxylic acids is 1. The first-order valence-electron chi connectivity index (χ1n) is 5.10. The van der Waals surface area contributed by atoms with Gasteiger partial charge in [0.15, 0.2) is 0 Å². The van der Waals surface area contributed by atoms with Crippen LogP contribution in [0.25, 0.3) is 0 Å². The maximum Gasteiger partial charge on any atom is 0.306 e. The van der Waals surface area contributed by atoms with E-state index in [-0.39, 0.29) is 12.1 Å². The summed E-state index contributed by atoms with van der Waals surface area (Å²) in [5.74, 6) is -0.0258. The van der Waals surface area contributed by atoms with Crippen molar-refractivity contribution in [2.45, 2.75) is 38.7 Å². The predicted octanol–water partition coefficient (Wildman–Crippen LogP) is 1.42. The molecular formula is C10H19NO2. The number of hydrogen-bond acceptors (Lipinski definition) is 3. The van der Waals surface area contributed by atoms with Crippen LogP contribution < -0.4 is 0 Å². The van der Waals surface area contributed by atoms with Crippen molar-refractivity contribution in [3.63, 3.8) is 0 Å². The molecule has 1 saturated heterocycles. The minimum absolute atomic E-state index is 0.0258. The van der Waals surface area contributed by atoms with Gasteiger partial charge in [0.2, 0.25) is 0 Å². The first kappa shape index (κ1) is 10.5. The molecule has 1 aliphatic heterocycles. The lowest BCUT2D eigenvalue weighted by Gasteiger charge is -2.11. The number of unbranched alkanes of at least 4 members (excludes halogenated alkanes) is 1. The Morgan fingerprint density at radius 1 is 1.62 bits per heavy atom. The lowest BCUT2D eigenvalue weighted by atomic mass is 10.2. The number of esters is 1. The SMILES string of the molecule is CCCCC(=O)O[C@H]1CCN(C)C1. The van der Waals surface area contributed by atoms with E-state index in [0.29, 0.717) is 6.42 Å². The average Bonchev–Trinajstić information content (AvgIpc) is 2.48. The first-order valence-corrected chi connectivity index (χ1v) is 5.10. The molecule has 0 aromatic carbocycles. The number of rotatable bonds is 4. The maximum absolute atomic E-state index is 11.2. The Bertz CT molecular complexity index is 170. The molecule has 1 heterocycles. The van der Waals surface area contributed by atoms with Gasteiger partial charge in [-0.25, -0.2) is 0 Å². The third-order valence-corrected chi connectivity index (χ3v) is 2.38. The molecule has 0 aromatic rings. The largest absolute Gasteiger partial charge is 0.461 e. The molecule has 0 N–H and O–H groups in total. The van der Waals surface area contributed by atoms with Gasteiger partial charge in [0, 0.05) is 19.5 Å². The summed E-state index contributed by atoms with van der Waals surface area (Å²) in [5.41, 5.74) is 0. The second-order valence-corrected chi connectivity index (χ2v) is 3.77. The van der Waals surface area contributed by atoms with E-state index < -0.39 is 0 Å². The normalized spacial score (nSPS) is 23.4. The second kappa shape index (κ2) is 5.22. The molecule has 0 radical (unpaired) electrons. The van der Waals surface area contributed by atoms with Crippen molar-refractivity contribution in [3.8, 4) is 0 Å². The molecular weight excluding hydrogens is 166 g/mol. The van der Waals surface area contributed by atoms with Crippen molar-refractivity contribution in [2.75, 3.05) is 20.1 Å². The van der Waals surface area contributed by atoms with Gasteiger partial charge >= 0.3 is 5.97 Å². The van der Waals surface area contributed by atoms with E-state index in [0.717, 1.165) is 32.4 Å². The Hall–Kier alpha value is -0.570. The van der Waals surface area contributed by atoms with Gasteiger partial charge in [-0.3, -0.25) is 4.79 Å². The van der Waals surface area contributed by atoms with E-state index in [2.05, 4.69) is 18.9 Å². The van der Waals surface area contributed by atoms with Crippen molar-refractivity contribution < 1.29 is 9.53 Å². The highest BCUT2D eigenvalue weighted by Gasteiger charge is 2.22. The molecule has 1 fully saturated rings. The van der Waals surface area contributed by atoms with Crippen molar-refractivity contribution in [1.82, 2.24) is 4.90 Å². The third kappa shape index (κ3) is 3.77. The van der Waals surface area contributed by atoms with Crippen LogP contribution in [0.2, 0.25) is 0 Å². The van der Waals surface area contributed by atoms with Crippen LogP contribution in [0.5, 0.6) is 0 Å². The Kier molecular flexibility index (Phi) is 4.22. The van der Waals surface area contributed by atoms with E-state index in [1.807, 2.05) is 0 Å². The summed E-state index contributed by atoms with van der Waals surface area (Å²) in [5, 5.41) is 0. The van der Waals surface area contributed by atoms with E-state index in [1.54, 1.807) is 0 Å². The Morgan fingerprint density at radius 3 is 2.92 bits per heavy atom. The predicted molar refractivity (Wildman–Crippen MR) is 51.5 cm³/mol. The van der Waals surface area contributed by atoms with Crippen LogP contribution in [0.1, 0.15) is 32.6 Å². The maximum atomic E-state index is 11.2. The molecule has 0 saturated carbocycles. The summed E-state index contributed by atoms with van der Waals surface area (Å²) in [7, 11) is 2.06. The highest BCUT2D eigenvalue weighted by Crippen LogP contribution is 2.11. The molecule has 0 bridgehead atoms. The molecule has 0 amide bonds. The van der Waals surface area contributed by atoms with Gasteiger partial charge < -0.3 is 9.64 Å². The molecule has 1 rings (SSSR count). The van der Waals surface area contributed by atoms with E-state index >= 15 is 0 Å². The van der Waals surface area contributed by atoms with Gasteiger partial charge in [0.25, 0.3) is 0 Å². The molecule has 13 heavy (non-hydrogen) atoms. The third-order valence-electron chi connectivity index (χ3n) is 2.38. The first-order chi connectivity index (χ1) is 6.22. The van der Waals surface area contributed by atoms with Crippen LogP contribution in [0.15, 0.2) is 0 Å². The summed E-state index contributed by atoms with van der Waals surface area (Å²) in [6.45, 7) is 4.03. The highest BCUT2D eigenvalue weighted by atomic mass is 16.5. The molecule has 3 heteroatoms.